The number of benzene rings is 4. The van der Waals surface area contributed by atoms with E-state index in [9.17, 15) is 14.4 Å². The molecule has 3 amide bonds. The standard InChI is InChI=1S/C32H27Cl2N3O3S/c1-20-11-15-25(16-12-20)35-30(38)21(2)41-27-10-6-9-26(19-27)36-32(40)29(17-23-13-14-24(33)18-28(23)34)37-31(39)22-7-4-3-5-8-22/h3-19,21H,1-2H3,(H,35,38)(H,36,40)(H,37,39)/b29-17+. The number of hydrogen-bond acceptors (Lipinski definition) is 4. The van der Waals surface area contributed by atoms with Crippen LogP contribution in [-0.2, 0) is 9.59 Å². The van der Waals surface area contributed by atoms with E-state index < -0.39 is 17.1 Å². The first-order chi connectivity index (χ1) is 19.7. The van der Waals surface area contributed by atoms with E-state index in [0.29, 0.717) is 26.9 Å². The SMILES string of the molecule is Cc1ccc(NC(=O)C(C)Sc2cccc(NC(=O)/C(=C\c3ccc(Cl)cc3Cl)NC(=O)c3ccccc3)c2)cc1. The second kappa shape index (κ2) is 14.0. The molecule has 0 heterocycles. The van der Waals surface area contributed by atoms with Gasteiger partial charge in [-0.2, -0.15) is 0 Å². The zero-order valence-electron chi connectivity index (χ0n) is 22.3. The van der Waals surface area contributed by atoms with Gasteiger partial charge >= 0.3 is 0 Å². The maximum Gasteiger partial charge on any atom is 0.272 e. The van der Waals surface area contributed by atoms with Gasteiger partial charge in [0.25, 0.3) is 11.8 Å². The van der Waals surface area contributed by atoms with Gasteiger partial charge in [-0.05, 0) is 80.1 Å². The quantitative estimate of drug-likeness (QED) is 0.134. The fraction of sp³-hybridized carbons (Fsp3) is 0.0938. The Morgan fingerprint density at radius 3 is 2.24 bits per heavy atom. The first-order valence-corrected chi connectivity index (χ1v) is 14.3. The minimum atomic E-state index is -0.549. The number of nitrogens with one attached hydrogen (secondary N) is 3. The van der Waals surface area contributed by atoms with Crippen LogP contribution in [0.5, 0.6) is 0 Å². The van der Waals surface area contributed by atoms with Crippen LogP contribution < -0.4 is 16.0 Å². The lowest BCUT2D eigenvalue weighted by Crippen LogP contribution is -2.30. The van der Waals surface area contributed by atoms with Crippen molar-refractivity contribution in [3.05, 3.63) is 129 Å². The van der Waals surface area contributed by atoms with E-state index in [0.717, 1.165) is 16.1 Å². The molecule has 9 heteroatoms. The van der Waals surface area contributed by atoms with Crippen LogP contribution in [0.1, 0.15) is 28.4 Å². The molecule has 0 saturated heterocycles. The first-order valence-electron chi connectivity index (χ1n) is 12.7. The minimum absolute atomic E-state index is 0.00743. The number of carbonyl (C=O) groups is 3. The monoisotopic (exact) mass is 603 g/mol. The van der Waals surface area contributed by atoms with Crippen molar-refractivity contribution in [2.45, 2.75) is 24.0 Å². The Labute approximate surface area is 253 Å². The molecule has 41 heavy (non-hydrogen) atoms. The van der Waals surface area contributed by atoms with Crippen LogP contribution >= 0.6 is 35.0 Å². The summed E-state index contributed by atoms with van der Waals surface area (Å²) < 4.78 is 0. The summed E-state index contributed by atoms with van der Waals surface area (Å²) in [4.78, 5) is 39.8. The summed E-state index contributed by atoms with van der Waals surface area (Å²) in [6.07, 6.45) is 1.49. The highest BCUT2D eigenvalue weighted by molar-refractivity contribution is 8.00. The molecule has 0 spiro atoms. The predicted octanol–water partition coefficient (Wildman–Crippen LogP) is 7.83. The Morgan fingerprint density at radius 2 is 1.54 bits per heavy atom. The van der Waals surface area contributed by atoms with E-state index in [-0.39, 0.29) is 11.6 Å². The van der Waals surface area contributed by atoms with Crippen LogP contribution in [0.2, 0.25) is 10.0 Å². The van der Waals surface area contributed by atoms with Crippen molar-refractivity contribution in [2.24, 2.45) is 0 Å². The van der Waals surface area contributed by atoms with Crippen molar-refractivity contribution >= 4 is 70.1 Å². The number of anilines is 2. The molecule has 3 N–H and O–H groups in total. The second-order valence-electron chi connectivity index (χ2n) is 9.14. The number of carbonyl (C=O) groups excluding carboxylic acids is 3. The third kappa shape index (κ3) is 8.72. The van der Waals surface area contributed by atoms with Gasteiger partial charge in [-0.25, -0.2) is 0 Å². The van der Waals surface area contributed by atoms with Crippen molar-refractivity contribution in [3.63, 3.8) is 0 Å². The highest BCUT2D eigenvalue weighted by Crippen LogP contribution is 2.27. The molecule has 6 nitrogen and oxygen atoms in total. The molecule has 0 aliphatic carbocycles. The predicted molar refractivity (Wildman–Crippen MR) is 169 cm³/mol. The van der Waals surface area contributed by atoms with E-state index >= 15 is 0 Å². The van der Waals surface area contributed by atoms with E-state index in [1.807, 2.05) is 44.2 Å². The van der Waals surface area contributed by atoms with Crippen molar-refractivity contribution in [1.29, 1.82) is 0 Å². The highest BCUT2D eigenvalue weighted by Gasteiger charge is 2.18. The Kier molecular flexibility index (Phi) is 10.2. The zero-order valence-corrected chi connectivity index (χ0v) is 24.6. The Bertz CT molecular complexity index is 1590. The summed E-state index contributed by atoms with van der Waals surface area (Å²) in [5.41, 5.74) is 3.22. The molecule has 0 aromatic heterocycles. The molecule has 0 aliphatic heterocycles. The normalized spacial score (nSPS) is 11.9. The number of halogens is 2. The van der Waals surface area contributed by atoms with Gasteiger partial charge in [-0.1, -0.05) is 71.2 Å². The maximum atomic E-state index is 13.4. The van der Waals surface area contributed by atoms with Gasteiger partial charge in [-0.15, -0.1) is 11.8 Å². The van der Waals surface area contributed by atoms with Gasteiger partial charge in [0.15, 0.2) is 0 Å². The molecule has 1 unspecified atom stereocenters. The zero-order chi connectivity index (χ0) is 29.4. The highest BCUT2D eigenvalue weighted by atomic mass is 35.5. The van der Waals surface area contributed by atoms with Crippen LogP contribution in [0.15, 0.2) is 108 Å². The Balaban J connectivity index is 1.50. The van der Waals surface area contributed by atoms with E-state index in [4.69, 9.17) is 23.2 Å². The van der Waals surface area contributed by atoms with E-state index in [1.54, 1.807) is 66.7 Å². The fourth-order valence-corrected chi connectivity index (χ4v) is 5.09. The van der Waals surface area contributed by atoms with Gasteiger partial charge in [-0.3, -0.25) is 14.4 Å². The molecule has 0 radical (unpaired) electrons. The van der Waals surface area contributed by atoms with Crippen molar-refractivity contribution < 1.29 is 14.4 Å². The summed E-state index contributed by atoms with van der Waals surface area (Å²) in [5.74, 6) is -1.13. The van der Waals surface area contributed by atoms with Crippen LogP contribution in [0.25, 0.3) is 6.08 Å². The van der Waals surface area contributed by atoms with Gasteiger partial charge in [0.2, 0.25) is 5.91 Å². The van der Waals surface area contributed by atoms with Crippen LogP contribution in [0, 0.1) is 6.92 Å². The van der Waals surface area contributed by atoms with Crippen LogP contribution in [0.4, 0.5) is 11.4 Å². The lowest BCUT2D eigenvalue weighted by atomic mass is 10.1. The van der Waals surface area contributed by atoms with Crippen LogP contribution in [-0.4, -0.2) is 23.0 Å². The van der Waals surface area contributed by atoms with Crippen molar-refractivity contribution in [2.75, 3.05) is 10.6 Å². The third-order valence-electron chi connectivity index (χ3n) is 5.88. The summed E-state index contributed by atoms with van der Waals surface area (Å²) in [7, 11) is 0. The summed E-state index contributed by atoms with van der Waals surface area (Å²) in [6.45, 7) is 3.80. The fourth-order valence-electron chi connectivity index (χ4n) is 3.70. The Morgan fingerprint density at radius 1 is 0.805 bits per heavy atom. The summed E-state index contributed by atoms with van der Waals surface area (Å²) in [6, 6.07) is 28.2. The average Bonchev–Trinajstić information content (AvgIpc) is 2.95. The average molecular weight is 605 g/mol. The maximum absolute atomic E-state index is 13.4. The van der Waals surface area contributed by atoms with Gasteiger partial charge < -0.3 is 16.0 Å². The molecule has 1 atom stereocenters. The molecule has 0 saturated carbocycles. The third-order valence-corrected chi connectivity index (χ3v) is 7.54. The molecule has 4 aromatic rings. The Hall–Kier alpha value is -4.04. The molecule has 4 rings (SSSR count). The molecule has 4 aromatic carbocycles. The van der Waals surface area contributed by atoms with Crippen LogP contribution in [0.3, 0.4) is 0 Å². The number of hydrogen-bond donors (Lipinski definition) is 3. The first kappa shape index (κ1) is 29.9. The van der Waals surface area contributed by atoms with E-state index in [2.05, 4.69) is 16.0 Å². The smallest absolute Gasteiger partial charge is 0.272 e. The number of aryl methyl sites for hydroxylation is 1. The van der Waals surface area contributed by atoms with Crippen molar-refractivity contribution in [1.82, 2.24) is 5.32 Å². The second-order valence-corrected chi connectivity index (χ2v) is 11.4. The number of rotatable bonds is 9. The van der Waals surface area contributed by atoms with Gasteiger partial charge in [0, 0.05) is 31.9 Å². The molecule has 0 aliphatic rings. The van der Waals surface area contributed by atoms with Gasteiger partial charge in [0.1, 0.15) is 5.70 Å². The van der Waals surface area contributed by atoms with E-state index in [1.165, 1.54) is 17.8 Å². The lowest BCUT2D eigenvalue weighted by Gasteiger charge is -2.14. The topological polar surface area (TPSA) is 87.3 Å². The summed E-state index contributed by atoms with van der Waals surface area (Å²) in [5, 5.41) is 8.82. The molecular formula is C32H27Cl2N3O3S. The largest absolute Gasteiger partial charge is 0.325 e. The van der Waals surface area contributed by atoms with Gasteiger partial charge in [0.05, 0.1) is 5.25 Å². The number of amides is 3. The molecular weight excluding hydrogens is 577 g/mol. The lowest BCUT2D eigenvalue weighted by molar-refractivity contribution is -0.115. The van der Waals surface area contributed by atoms with Crippen molar-refractivity contribution in [3.8, 4) is 0 Å². The molecule has 208 valence electrons. The number of thioether (sulfide) groups is 1. The molecule has 0 fully saturated rings. The molecule has 0 bridgehead atoms. The summed E-state index contributed by atoms with van der Waals surface area (Å²) >= 11 is 13.7. The minimum Gasteiger partial charge on any atom is -0.325 e.